The Morgan fingerprint density at radius 2 is 2.10 bits per heavy atom. The van der Waals surface area contributed by atoms with Gasteiger partial charge >= 0.3 is 0 Å². The third-order valence-electron chi connectivity index (χ3n) is 2.09. The van der Waals surface area contributed by atoms with E-state index in [1.807, 2.05) is 0 Å². The van der Waals surface area contributed by atoms with Crippen molar-refractivity contribution in [2.45, 2.75) is 13.3 Å². The van der Waals surface area contributed by atoms with Gasteiger partial charge in [-0.2, -0.15) is 0 Å². The molecule has 1 aliphatic rings. The molecule has 2 nitrogen and oxygen atoms in total. The maximum absolute atomic E-state index is 2.48. The molecule has 1 aliphatic heterocycles. The summed E-state index contributed by atoms with van der Waals surface area (Å²) in [5.41, 5.74) is 0. The summed E-state index contributed by atoms with van der Waals surface area (Å²) in [5, 5.41) is 0. The van der Waals surface area contributed by atoms with Crippen LogP contribution < -0.4 is 0 Å². The molecule has 0 radical (unpaired) electrons. The van der Waals surface area contributed by atoms with Crippen LogP contribution in [0.4, 0.5) is 0 Å². The van der Waals surface area contributed by atoms with Gasteiger partial charge in [0, 0.05) is 13.1 Å². The van der Waals surface area contributed by atoms with Crippen LogP contribution in [-0.4, -0.2) is 49.6 Å². The highest BCUT2D eigenvalue weighted by Crippen LogP contribution is 2.03. The molecule has 0 unspecified atom stereocenters. The summed E-state index contributed by atoms with van der Waals surface area (Å²) in [6.07, 6.45) is 1.34. The van der Waals surface area contributed by atoms with Gasteiger partial charge in [-0.15, -0.1) is 0 Å². The van der Waals surface area contributed by atoms with Gasteiger partial charge in [0.05, 0.1) is 0 Å². The summed E-state index contributed by atoms with van der Waals surface area (Å²) in [6, 6.07) is 0. The molecule has 0 aromatic heterocycles. The van der Waals surface area contributed by atoms with E-state index in [2.05, 4.69) is 23.8 Å². The van der Waals surface area contributed by atoms with Crippen LogP contribution in [0.1, 0.15) is 13.3 Å². The van der Waals surface area contributed by atoms with E-state index < -0.39 is 0 Å². The molecular weight excluding hydrogens is 124 g/mol. The fourth-order valence-corrected chi connectivity index (χ4v) is 1.02. The Labute approximate surface area is 63.8 Å². The average Bonchev–Trinajstić information content (AvgIpc) is 2.71. The van der Waals surface area contributed by atoms with Crippen molar-refractivity contribution in [1.82, 2.24) is 9.80 Å². The van der Waals surface area contributed by atoms with Crippen LogP contribution in [0.3, 0.4) is 0 Å². The van der Waals surface area contributed by atoms with E-state index in [9.17, 15) is 0 Å². The van der Waals surface area contributed by atoms with Gasteiger partial charge in [0.25, 0.3) is 0 Å². The molecular formula is C8H18N2. The zero-order valence-electron chi connectivity index (χ0n) is 7.14. The molecule has 0 bridgehead atoms. The van der Waals surface area contributed by atoms with Gasteiger partial charge in [-0.1, -0.05) is 6.92 Å². The SMILES string of the molecule is CCN(C)CCCN1CC1. The molecule has 0 amide bonds. The van der Waals surface area contributed by atoms with Gasteiger partial charge in [-0.05, 0) is 33.1 Å². The molecule has 0 N–H and O–H groups in total. The lowest BCUT2D eigenvalue weighted by molar-refractivity contribution is 0.334. The quantitative estimate of drug-likeness (QED) is 0.520. The van der Waals surface area contributed by atoms with Gasteiger partial charge in [0.2, 0.25) is 0 Å². The molecule has 0 aromatic rings. The molecule has 0 spiro atoms. The van der Waals surface area contributed by atoms with Gasteiger partial charge in [-0.25, -0.2) is 0 Å². The highest BCUT2D eigenvalue weighted by atomic mass is 15.3. The molecule has 0 saturated carbocycles. The Balaban J connectivity index is 1.83. The Kier molecular flexibility index (Phi) is 3.16. The van der Waals surface area contributed by atoms with Crippen LogP contribution in [0, 0.1) is 0 Å². The van der Waals surface area contributed by atoms with E-state index in [4.69, 9.17) is 0 Å². The van der Waals surface area contributed by atoms with Crippen molar-refractivity contribution in [3.8, 4) is 0 Å². The minimum Gasteiger partial charge on any atom is -0.307 e. The monoisotopic (exact) mass is 142 g/mol. The van der Waals surface area contributed by atoms with Crippen molar-refractivity contribution in [1.29, 1.82) is 0 Å². The van der Waals surface area contributed by atoms with Crippen LogP contribution in [0.5, 0.6) is 0 Å². The second-order valence-electron chi connectivity index (χ2n) is 3.09. The smallest absolute Gasteiger partial charge is 0.0110 e. The third kappa shape index (κ3) is 3.18. The molecule has 1 saturated heterocycles. The van der Waals surface area contributed by atoms with Crippen LogP contribution in [0.15, 0.2) is 0 Å². The molecule has 1 fully saturated rings. The maximum atomic E-state index is 2.48. The summed E-state index contributed by atoms with van der Waals surface area (Å²) in [6.45, 7) is 8.64. The zero-order chi connectivity index (χ0) is 7.40. The topological polar surface area (TPSA) is 6.25 Å². The molecule has 0 aliphatic carbocycles. The molecule has 10 heavy (non-hydrogen) atoms. The maximum Gasteiger partial charge on any atom is 0.0110 e. The first-order chi connectivity index (χ1) is 4.83. The highest BCUT2D eigenvalue weighted by molar-refractivity contribution is 4.71. The van der Waals surface area contributed by atoms with Crippen LogP contribution in [0.2, 0.25) is 0 Å². The molecule has 0 atom stereocenters. The number of hydrogen-bond donors (Lipinski definition) is 0. The lowest BCUT2D eigenvalue weighted by atomic mass is 10.4. The van der Waals surface area contributed by atoms with Crippen LogP contribution >= 0.6 is 0 Å². The molecule has 1 rings (SSSR count). The van der Waals surface area contributed by atoms with E-state index in [1.54, 1.807) is 0 Å². The Morgan fingerprint density at radius 1 is 1.40 bits per heavy atom. The van der Waals surface area contributed by atoms with Crippen molar-refractivity contribution in [3.63, 3.8) is 0 Å². The van der Waals surface area contributed by atoms with E-state index in [1.165, 1.54) is 39.1 Å². The first-order valence-electron chi connectivity index (χ1n) is 4.24. The minimum absolute atomic E-state index is 1.18. The van der Waals surface area contributed by atoms with Crippen molar-refractivity contribution in [2.24, 2.45) is 0 Å². The minimum atomic E-state index is 1.18. The van der Waals surface area contributed by atoms with Gasteiger partial charge < -0.3 is 9.80 Å². The van der Waals surface area contributed by atoms with Crippen molar-refractivity contribution in [3.05, 3.63) is 0 Å². The second-order valence-corrected chi connectivity index (χ2v) is 3.09. The van der Waals surface area contributed by atoms with Crippen molar-refractivity contribution >= 4 is 0 Å². The van der Waals surface area contributed by atoms with Crippen molar-refractivity contribution in [2.75, 3.05) is 39.8 Å². The summed E-state index contributed by atoms with van der Waals surface area (Å²) in [7, 11) is 2.18. The Bertz CT molecular complexity index is 89.3. The third-order valence-corrected chi connectivity index (χ3v) is 2.09. The van der Waals surface area contributed by atoms with E-state index in [0.717, 1.165) is 0 Å². The first kappa shape index (κ1) is 8.02. The lowest BCUT2D eigenvalue weighted by Crippen LogP contribution is -2.20. The fourth-order valence-electron chi connectivity index (χ4n) is 1.02. The predicted molar refractivity (Wildman–Crippen MR) is 44.2 cm³/mol. The predicted octanol–water partition coefficient (Wildman–Crippen LogP) is 0.644. The molecule has 1 heterocycles. The average molecular weight is 142 g/mol. The highest BCUT2D eigenvalue weighted by Gasteiger charge is 2.15. The van der Waals surface area contributed by atoms with E-state index in [-0.39, 0.29) is 0 Å². The zero-order valence-corrected chi connectivity index (χ0v) is 7.14. The lowest BCUT2D eigenvalue weighted by Gasteiger charge is -2.12. The summed E-state index contributed by atoms with van der Waals surface area (Å²) in [5.74, 6) is 0. The van der Waals surface area contributed by atoms with Crippen molar-refractivity contribution < 1.29 is 0 Å². The van der Waals surface area contributed by atoms with Crippen LogP contribution in [-0.2, 0) is 0 Å². The fraction of sp³-hybridized carbons (Fsp3) is 1.00. The molecule has 60 valence electrons. The summed E-state index contributed by atoms with van der Waals surface area (Å²) < 4.78 is 0. The summed E-state index contributed by atoms with van der Waals surface area (Å²) >= 11 is 0. The van der Waals surface area contributed by atoms with Gasteiger partial charge in [0.15, 0.2) is 0 Å². The van der Waals surface area contributed by atoms with E-state index >= 15 is 0 Å². The van der Waals surface area contributed by atoms with Crippen LogP contribution in [0.25, 0.3) is 0 Å². The summed E-state index contributed by atoms with van der Waals surface area (Å²) in [4.78, 5) is 4.84. The number of rotatable bonds is 5. The number of hydrogen-bond acceptors (Lipinski definition) is 2. The Hall–Kier alpha value is -0.0800. The molecule has 0 aromatic carbocycles. The van der Waals surface area contributed by atoms with Gasteiger partial charge in [-0.3, -0.25) is 0 Å². The number of nitrogens with zero attached hydrogens (tertiary/aromatic N) is 2. The second kappa shape index (κ2) is 3.94. The van der Waals surface area contributed by atoms with E-state index in [0.29, 0.717) is 0 Å². The Morgan fingerprint density at radius 3 is 2.60 bits per heavy atom. The molecule has 2 heteroatoms. The van der Waals surface area contributed by atoms with Gasteiger partial charge in [0.1, 0.15) is 0 Å². The first-order valence-corrected chi connectivity index (χ1v) is 4.24. The standard InChI is InChI=1S/C8H18N2/c1-3-9(2)5-4-6-10-7-8-10/h3-8H2,1-2H3. The largest absolute Gasteiger partial charge is 0.307 e. The normalized spacial score (nSPS) is 18.3.